The summed E-state index contributed by atoms with van der Waals surface area (Å²) < 4.78 is 1.78. The zero-order valence-electron chi connectivity index (χ0n) is 9.47. The van der Waals surface area contributed by atoms with E-state index < -0.39 is 0 Å². The second-order valence-corrected chi connectivity index (χ2v) is 5.93. The minimum absolute atomic E-state index is 0.0500. The number of hydrogen-bond donors (Lipinski definition) is 2. The predicted octanol–water partition coefficient (Wildman–Crippen LogP) is 3.15. The van der Waals surface area contributed by atoms with Gasteiger partial charge >= 0.3 is 0 Å². The van der Waals surface area contributed by atoms with Crippen molar-refractivity contribution in [1.82, 2.24) is 5.32 Å². The van der Waals surface area contributed by atoms with Crippen LogP contribution in [0, 0.1) is 5.92 Å². The van der Waals surface area contributed by atoms with Crippen molar-refractivity contribution in [3.63, 3.8) is 0 Å². The molecule has 17 heavy (non-hydrogen) atoms. The Morgan fingerprint density at radius 2 is 2.06 bits per heavy atom. The van der Waals surface area contributed by atoms with Crippen molar-refractivity contribution >= 4 is 43.5 Å². The maximum absolute atomic E-state index is 12.1. The Hall–Kier alpha value is -0.390. The highest BCUT2D eigenvalue weighted by Gasteiger charge is 2.29. The van der Waals surface area contributed by atoms with Gasteiger partial charge in [-0.25, -0.2) is 0 Å². The van der Waals surface area contributed by atoms with E-state index >= 15 is 0 Å². The van der Waals surface area contributed by atoms with Crippen LogP contribution < -0.4 is 10.6 Å². The third-order valence-electron chi connectivity index (χ3n) is 3.07. The lowest BCUT2D eigenvalue weighted by Crippen LogP contribution is -2.32. The zero-order chi connectivity index (χ0) is 12.4. The Morgan fingerprint density at radius 3 is 2.59 bits per heavy atom. The number of rotatable bonds is 2. The first-order valence-electron chi connectivity index (χ1n) is 5.58. The molecule has 0 spiro atoms. The maximum atomic E-state index is 12.1. The van der Waals surface area contributed by atoms with Crippen LogP contribution in [0.4, 0.5) is 5.69 Å². The molecule has 3 nitrogen and oxygen atoms in total. The van der Waals surface area contributed by atoms with E-state index in [-0.39, 0.29) is 17.9 Å². The largest absolute Gasteiger partial charge is 0.324 e. The fourth-order valence-electron chi connectivity index (χ4n) is 2.05. The standard InChI is InChI=1S/C12H14Br2N2O/c1-7-8(5-6-15-7)12(17)16-11-9(13)3-2-4-10(11)14/h2-4,7-8,15H,5-6H2,1H3,(H,16,17). The molecule has 1 fully saturated rings. The first-order valence-corrected chi connectivity index (χ1v) is 7.16. The van der Waals surface area contributed by atoms with Gasteiger partial charge in [-0.2, -0.15) is 0 Å². The molecule has 1 amide bonds. The Kier molecular flexibility index (Phi) is 4.22. The molecule has 0 bridgehead atoms. The minimum atomic E-state index is 0.0500. The van der Waals surface area contributed by atoms with Crippen molar-refractivity contribution in [1.29, 1.82) is 0 Å². The molecular formula is C12H14Br2N2O. The van der Waals surface area contributed by atoms with E-state index in [1.165, 1.54) is 0 Å². The number of benzene rings is 1. The second-order valence-electron chi connectivity index (χ2n) is 4.22. The van der Waals surface area contributed by atoms with Crippen LogP contribution in [-0.4, -0.2) is 18.5 Å². The summed E-state index contributed by atoms with van der Waals surface area (Å²) in [5, 5.41) is 6.26. The highest BCUT2D eigenvalue weighted by molar-refractivity contribution is 9.11. The quantitative estimate of drug-likeness (QED) is 0.849. The van der Waals surface area contributed by atoms with Crippen molar-refractivity contribution in [2.24, 2.45) is 5.92 Å². The normalized spacial score (nSPS) is 23.7. The van der Waals surface area contributed by atoms with Crippen LogP contribution in [0.3, 0.4) is 0 Å². The summed E-state index contributed by atoms with van der Waals surface area (Å²) >= 11 is 6.88. The Labute approximate surface area is 118 Å². The van der Waals surface area contributed by atoms with E-state index in [4.69, 9.17) is 0 Å². The van der Waals surface area contributed by atoms with Gasteiger partial charge in [0.15, 0.2) is 0 Å². The molecule has 1 saturated heterocycles. The van der Waals surface area contributed by atoms with E-state index in [1.54, 1.807) is 0 Å². The van der Waals surface area contributed by atoms with Gasteiger partial charge in [-0.1, -0.05) is 6.07 Å². The smallest absolute Gasteiger partial charge is 0.229 e. The lowest BCUT2D eigenvalue weighted by Gasteiger charge is -2.16. The van der Waals surface area contributed by atoms with Crippen molar-refractivity contribution in [3.8, 4) is 0 Å². The summed E-state index contributed by atoms with van der Waals surface area (Å²) in [6.07, 6.45) is 0.898. The van der Waals surface area contributed by atoms with Gasteiger partial charge in [0.1, 0.15) is 0 Å². The fraction of sp³-hybridized carbons (Fsp3) is 0.417. The van der Waals surface area contributed by atoms with Crippen LogP contribution in [0.2, 0.25) is 0 Å². The second kappa shape index (κ2) is 5.50. The number of halogens is 2. The third kappa shape index (κ3) is 2.89. The van der Waals surface area contributed by atoms with E-state index in [0.29, 0.717) is 0 Å². The molecule has 0 aliphatic carbocycles. The third-order valence-corrected chi connectivity index (χ3v) is 4.39. The minimum Gasteiger partial charge on any atom is -0.324 e. The summed E-state index contributed by atoms with van der Waals surface area (Å²) in [6, 6.07) is 5.99. The van der Waals surface area contributed by atoms with Crippen LogP contribution in [0.5, 0.6) is 0 Å². The van der Waals surface area contributed by atoms with Gasteiger partial charge < -0.3 is 10.6 Å². The molecule has 2 N–H and O–H groups in total. The molecule has 0 radical (unpaired) electrons. The Balaban J connectivity index is 2.13. The van der Waals surface area contributed by atoms with Crippen LogP contribution in [0.25, 0.3) is 0 Å². The SMILES string of the molecule is CC1NCCC1C(=O)Nc1c(Br)cccc1Br. The zero-order valence-corrected chi connectivity index (χ0v) is 12.6. The highest BCUT2D eigenvalue weighted by atomic mass is 79.9. The number of hydrogen-bond acceptors (Lipinski definition) is 2. The number of carbonyl (C=O) groups excluding carboxylic acids is 1. The van der Waals surface area contributed by atoms with Gasteiger partial charge in [0.25, 0.3) is 0 Å². The lowest BCUT2D eigenvalue weighted by molar-refractivity contribution is -0.120. The summed E-state index contributed by atoms with van der Waals surface area (Å²) in [5.74, 6) is 0.129. The average molecular weight is 362 g/mol. The number of amides is 1. The van der Waals surface area contributed by atoms with Crippen molar-refractivity contribution in [2.45, 2.75) is 19.4 Å². The molecule has 2 atom stereocenters. The van der Waals surface area contributed by atoms with Crippen LogP contribution >= 0.6 is 31.9 Å². The highest BCUT2D eigenvalue weighted by Crippen LogP contribution is 2.31. The van der Waals surface area contributed by atoms with Gasteiger partial charge in [-0.15, -0.1) is 0 Å². The van der Waals surface area contributed by atoms with Crippen molar-refractivity contribution < 1.29 is 4.79 Å². The molecule has 1 aliphatic heterocycles. The van der Waals surface area contributed by atoms with Crippen LogP contribution in [0.15, 0.2) is 27.1 Å². The first kappa shape index (κ1) is 13.1. The molecule has 1 heterocycles. The number of anilines is 1. The first-order chi connectivity index (χ1) is 8.09. The number of para-hydroxylation sites is 1. The Morgan fingerprint density at radius 1 is 1.41 bits per heavy atom. The van der Waals surface area contributed by atoms with Gasteiger partial charge in [0.2, 0.25) is 5.91 Å². The van der Waals surface area contributed by atoms with E-state index in [2.05, 4.69) is 42.5 Å². The summed E-state index contributed by atoms with van der Waals surface area (Å²) in [5.41, 5.74) is 0.802. The number of carbonyl (C=O) groups is 1. The topological polar surface area (TPSA) is 41.1 Å². The van der Waals surface area contributed by atoms with Crippen LogP contribution in [0.1, 0.15) is 13.3 Å². The van der Waals surface area contributed by atoms with Crippen LogP contribution in [-0.2, 0) is 4.79 Å². The van der Waals surface area contributed by atoms with Gasteiger partial charge in [0, 0.05) is 15.0 Å². The summed E-state index contributed by atoms with van der Waals surface area (Å²) in [7, 11) is 0. The molecule has 1 aromatic carbocycles. The molecule has 5 heteroatoms. The predicted molar refractivity (Wildman–Crippen MR) is 76.0 cm³/mol. The molecular weight excluding hydrogens is 348 g/mol. The monoisotopic (exact) mass is 360 g/mol. The average Bonchev–Trinajstić information content (AvgIpc) is 2.70. The van der Waals surface area contributed by atoms with Crippen molar-refractivity contribution in [2.75, 3.05) is 11.9 Å². The molecule has 0 aromatic heterocycles. The van der Waals surface area contributed by atoms with Gasteiger partial charge in [-0.3, -0.25) is 4.79 Å². The summed E-state index contributed by atoms with van der Waals surface area (Å²) in [6.45, 7) is 2.96. The molecule has 2 rings (SSSR count). The van der Waals surface area contributed by atoms with Gasteiger partial charge in [0.05, 0.1) is 11.6 Å². The maximum Gasteiger partial charge on any atom is 0.229 e. The van der Waals surface area contributed by atoms with E-state index in [1.807, 2.05) is 25.1 Å². The fourth-order valence-corrected chi connectivity index (χ4v) is 3.25. The lowest BCUT2D eigenvalue weighted by atomic mass is 10.0. The molecule has 0 saturated carbocycles. The molecule has 92 valence electrons. The molecule has 2 unspecified atom stereocenters. The number of nitrogens with one attached hydrogen (secondary N) is 2. The van der Waals surface area contributed by atoms with Crippen molar-refractivity contribution in [3.05, 3.63) is 27.1 Å². The van der Waals surface area contributed by atoms with Gasteiger partial charge in [-0.05, 0) is 63.9 Å². The molecule has 1 aromatic rings. The molecule has 1 aliphatic rings. The van der Waals surface area contributed by atoms with E-state index in [0.717, 1.165) is 27.6 Å². The van der Waals surface area contributed by atoms with E-state index in [9.17, 15) is 4.79 Å². The Bertz CT molecular complexity index is 416. The summed E-state index contributed by atoms with van der Waals surface area (Å²) in [4.78, 5) is 12.1.